The Morgan fingerprint density at radius 1 is 1.32 bits per heavy atom. The lowest BCUT2D eigenvalue weighted by Gasteiger charge is -2.13. The average molecular weight is 285 g/mol. The van der Waals surface area contributed by atoms with Crippen LogP contribution in [-0.4, -0.2) is 42.3 Å². The van der Waals surface area contributed by atoms with Gasteiger partial charge in [-0.05, 0) is 12.1 Å². The first-order valence-electron chi connectivity index (χ1n) is 5.03. The van der Waals surface area contributed by atoms with Gasteiger partial charge in [-0.3, -0.25) is 19.1 Å². The minimum atomic E-state index is -3.67. The smallest absolute Gasteiger partial charge is 0.319 e. The van der Waals surface area contributed by atoms with Crippen LogP contribution in [0.2, 0.25) is 0 Å². The molecule has 1 aromatic carbocycles. The fraction of sp³-hybridized carbons (Fsp3) is 0.182. The third-order valence-electron chi connectivity index (χ3n) is 2.08. The Morgan fingerprint density at radius 3 is 2.37 bits per heavy atom. The molecule has 0 saturated carbocycles. The third-order valence-corrected chi connectivity index (χ3v) is 2.08. The molecule has 0 bridgehead atoms. The van der Waals surface area contributed by atoms with Crippen molar-refractivity contribution in [3.05, 3.63) is 29.8 Å². The van der Waals surface area contributed by atoms with E-state index in [1.165, 1.54) is 6.21 Å². The molecule has 0 fully saturated rings. The number of hydrogen-bond acceptors (Lipinski definition) is 5. The Hall–Kier alpha value is -2.06. The van der Waals surface area contributed by atoms with Crippen molar-refractivity contribution < 1.29 is 27.7 Å². The number of fused-ring (bicyclic) bond motifs is 1. The van der Waals surface area contributed by atoms with Crippen LogP contribution in [0.3, 0.4) is 0 Å². The largest absolute Gasteiger partial charge is 0.480 e. The van der Waals surface area contributed by atoms with E-state index in [9.17, 15) is 18.0 Å². The molecular formula is C11H11NO6S. The van der Waals surface area contributed by atoms with Crippen LogP contribution in [0, 0.1) is 5.92 Å². The summed E-state index contributed by atoms with van der Waals surface area (Å²) in [6, 6.07) is 6.72. The standard InChI is InChI=1S/C10H7NO3.CH4O3S/c12-9-6-3-1-2-4-8(6)11-5-7(9)10(13)14;1-5(2,3)4/h1-5,7H,(H,13,14);1H3,(H,2,3,4). The molecule has 0 aliphatic carbocycles. The van der Waals surface area contributed by atoms with Crippen molar-refractivity contribution in [1.29, 1.82) is 0 Å². The van der Waals surface area contributed by atoms with Gasteiger partial charge in [-0.15, -0.1) is 0 Å². The normalized spacial score (nSPS) is 17.2. The summed E-state index contributed by atoms with van der Waals surface area (Å²) in [5.41, 5.74) is 0.914. The van der Waals surface area contributed by atoms with Crippen LogP contribution in [-0.2, 0) is 14.9 Å². The van der Waals surface area contributed by atoms with Crippen LogP contribution in [0.25, 0.3) is 0 Å². The molecule has 0 spiro atoms. The van der Waals surface area contributed by atoms with Crippen LogP contribution >= 0.6 is 0 Å². The zero-order valence-electron chi connectivity index (χ0n) is 9.85. The molecule has 1 heterocycles. The maximum Gasteiger partial charge on any atom is 0.319 e. The van der Waals surface area contributed by atoms with Crippen molar-refractivity contribution in [1.82, 2.24) is 0 Å². The molecule has 1 unspecified atom stereocenters. The van der Waals surface area contributed by atoms with Gasteiger partial charge in [0, 0.05) is 11.8 Å². The van der Waals surface area contributed by atoms with Crippen molar-refractivity contribution in [2.75, 3.05) is 6.26 Å². The fourth-order valence-electron chi connectivity index (χ4n) is 1.36. The van der Waals surface area contributed by atoms with Gasteiger partial charge < -0.3 is 5.11 Å². The van der Waals surface area contributed by atoms with Crippen LogP contribution in [0.5, 0.6) is 0 Å². The predicted octanol–water partition coefficient (Wildman–Crippen LogP) is 0.790. The molecule has 0 amide bonds. The number of carboxylic acid groups (broad SMARTS) is 1. The first kappa shape index (κ1) is 15.0. The molecule has 102 valence electrons. The number of nitrogens with zero attached hydrogens (tertiary/aromatic N) is 1. The Kier molecular flexibility index (Phi) is 4.52. The monoisotopic (exact) mass is 285 g/mol. The molecule has 1 aromatic rings. The highest BCUT2D eigenvalue weighted by atomic mass is 32.2. The Morgan fingerprint density at radius 2 is 1.84 bits per heavy atom. The minimum absolute atomic E-state index is 0.377. The number of carbonyl (C=O) groups excluding carboxylic acids is 1. The number of carboxylic acids is 1. The molecule has 1 aliphatic rings. The number of ketones is 1. The van der Waals surface area contributed by atoms with E-state index in [1.807, 2.05) is 0 Å². The van der Waals surface area contributed by atoms with E-state index in [0.717, 1.165) is 0 Å². The summed E-state index contributed by atoms with van der Waals surface area (Å²) in [7, 11) is -3.67. The van der Waals surface area contributed by atoms with Crippen molar-refractivity contribution in [3.8, 4) is 0 Å². The van der Waals surface area contributed by atoms with Crippen LogP contribution in [0.15, 0.2) is 29.3 Å². The fourth-order valence-corrected chi connectivity index (χ4v) is 1.36. The van der Waals surface area contributed by atoms with E-state index in [2.05, 4.69) is 4.99 Å². The van der Waals surface area contributed by atoms with E-state index in [4.69, 9.17) is 9.66 Å². The van der Waals surface area contributed by atoms with E-state index >= 15 is 0 Å². The number of benzene rings is 1. The van der Waals surface area contributed by atoms with Gasteiger partial charge in [-0.1, -0.05) is 12.1 Å². The summed E-state index contributed by atoms with van der Waals surface area (Å²) in [6.45, 7) is 0. The minimum Gasteiger partial charge on any atom is -0.480 e. The Balaban J connectivity index is 0.000000312. The summed E-state index contributed by atoms with van der Waals surface area (Å²) < 4.78 is 25.9. The van der Waals surface area contributed by atoms with Crippen molar-refractivity contribution in [3.63, 3.8) is 0 Å². The second-order valence-electron chi connectivity index (χ2n) is 3.71. The number of aliphatic imine (C=N–C) groups is 1. The zero-order chi connectivity index (χ0) is 14.6. The number of Topliss-reactive ketones (excluding diaryl/α,β-unsaturated/α-hetero) is 1. The van der Waals surface area contributed by atoms with Crippen molar-refractivity contribution in [2.45, 2.75) is 0 Å². The summed E-state index contributed by atoms with van der Waals surface area (Å²) in [5, 5.41) is 8.72. The second kappa shape index (κ2) is 5.72. The molecule has 7 nitrogen and oxygen atoms in total. The Bertz CT molecular complexity index is 626. The topological polar surface area (TPSA) is 121 Å². The number of hydrogen-bond donors (Lipinski definition) is 2. The summed E-state index contributed by atoms with van der Waals surface area (Å²) >= 11 is 0. The maximum atomic E-state index is 11.6. The lowest BCUT2D eigenvalue weighted by atomic mass is 9.95. The number of para-hydroxylation sites is 1. The molecule has 0 aromatic heterocycles. The maximum absolute atomic E-state index is 11.6. The second-order valence-corrected chi connectivity index (χ2v) is 5.17. The zero-order valence-corrected chi connectivity index (χ0v) is 10.7. The highest BCUT2D eigenvalue weighted by Gasteiger charge is 2.29. The lowest BCUT2D eigenvalue weighted by Crippen LogP contribution is -2.27. The van der Waals surface area contributed by atoms with Gasteiger partial charge in [-0.2, -0.15) is 8.42 Å². The molecule has 0 saturated heterocycles. The van der Waals surface area contributed by atoms with Gasteiger partial charge >= 0.3 is 5.97 Å². The van der Waals surface area contributed by atoms with Crippen LogP contribution in [0.1, 0.15) is 10.4 Å². The third kappa shape index (κ3) is 4.60. The molecule has 19 heavy (non-hydrogen) atoms. The van der Waals surface area contributed by atoms with Crippen LogP contribution in [0.4, 0.5) is 5.69 Å². The van der Waals surface area contributed by atoms with E-state index in [0.29, 0.717) is 17.5 Å². The van der Waals surface area contributed by atoms with Crippen molar-refractivity contribution >= 4 is 33.8 Å². The molecule has 1 aliphatic heterocycles. The number of aliphatic carboxylic acids is 1. The van der Waals surface area contributed by atoms with Gasteiger partial charge in [0.25, 0.3) is 10.1 Å². The van der Waals surface area contributed by atoms with Gasteiger partial charge in [-0.25, -0.2) is 0 Å². The highest BCUT2D eigenvalue weighted by Crippen LogP contribution is 2.25. The SMILES string of the molecule is CS(=O)(=O)O.O=C(O)C1C=Nc2ccccc2C1=O. The van der Waals surface area contributed by atoms with E-state index in [-0.39, 0.29) is 0 Å². The molecule has 0 radical (unpaired) electrons. The summed E-state index contributed by atoms with van der Waals surface area (Å²) in [6.07, 6.45) is 1.89. The van der Waals surface area contributed by atoms with Gasteiger partial charge in [0.15, 0.2) is 11.7 Å². The number of carbonyl (C=O) groups is 2. The van der Waals surface area contributed by atoms with Crippen LogP contribution < -0.4 is 0 Å². The van der Waals surface area contributed by atoms with E-state index in [1.54, 1.807) is 24.3 Å². The van der Waals surface area contributed by atoms with Gasteiger partial charge in [0.1, 0.15) is 0 Å². The molecular weight excluding hydrogens is 274 g/mol. The van der Waals surface area contributed by atoms with Crippen molar-refractivity contribution in [2.24, 2.45) is 10.9 Å². The lowest BCUT2D eigenvalue weighted by molar-refractivity contribution is -0.137. The Labute approximate surface area is 109 Å². The van der Waals surface area contributed by atoms with E-state index < -0.39 is 27.8 Å². The highest BCUT2D eigenvalue weighted by molar-refractivity contribution is 7.85. The molecule has 8 heteroatoms. The first-order valence-corrected chi connectivity index (χ1v) is 6.87. The summed E-state index contributed by atoms with van der Waals surface area (Å²) in [5.74, 6) is -2.69. The first-order chi connectivity index (χ1) is 8.70. The average Bonchev–Trinajstić information content (AvgIpc) is 2.27. The quantitative estimate of drug-likeness (QED) is 0.581. The molecule has 1 atom stereocenters. The number of rotatable bonds is 1. The summed E-state index contributed by atoms with van der Waals surface area (Å²) in [4.78, 5) is 26.2. The molecule has 2 rings (SSSR count). The molecule has 2 N–H and O–H groups in total. The predicted molar refractivity (Wildman–Crippen MR) is 67.5 cm³/mol. The van der Waals surface area contributed by atoms with Gasteiger partial charge in [0.2, 0.25) is 0 Å². The van der Waals surface area contributed by atoms with Gasteiger partial charge in [0.05, 0.1) is 11.9 Å².